The summed E-state index contributed by atoms with van der Waals surface area (Å²) in [6.07, 6.45) is 1.53. The fraction of sp³-hybridized carbons (Fsp3) is 0.364. The molecule has 0 atom stereocenters. The first-order chi connectivity index (χ1) is 15.2. The number of carbonyl (C=O) groups is 1. The van der Waals surface area contributed by atoms with Crippen molar-refractivity contribution in [3.8, 4) is 17.0 Å². The molecule has 0 aliphatic carbocycles. The number of hydrogen-bond donors (Lipinski definition) is 1. The quantitative estimate of drug-likeness (QED) is 0.645. The average molecular weight is 438 g/mol. The molecule has 5 rings (SSSR count). The normalized spacial score (nSPS) is 16.2. The fourth-order valence-corrected chi connectivity index (χ4v) is 4.97. The third-order valence-electron chi connectivity index (χ3n) is 5.82. The monoisotopic (exact) mass is 437 g/mol. The number of hydrogen-bond acceptors (Lipinski definition) is 8. The number of methoxy groups -OCH3 is 1. The van der Waals surface area contributed by atoms with Gasteiger partial charge in [0.25, 0.3) is 0 Å². The summed E-state index contributed by atoms with van der Waals surface area (Å²) in [6, 6.07) is 11.7. The number of carbonyl (C=O) groups excluding carboxylic acids is 1. The third kappa shape index (κ3) is 4.10. The minimum Gasteiger partial charge on any atom is -0.497 e. The summed E-state index contributed by atoms with van der Waals surface area (Å²) in [6.45, 7) is 1.53. The van der Waals surface area contributed by atoms with Crippen LogP contribution in [0.4, 0.5) is 11.7 Å². The van der Waals surface area contributed by atoms with E-state index in [1.165, 1.54) is 0 Å². The molecule has 31 heavy (non-hydrogen) atoms. The highest BCUT2D eigenvalue weighted by molar-refractivity contribution is 7.98. The molecule has 0 radical (unpaired) electrons. The lowest BCUT2D eigenvalue weighted by Crippen LogP contribution is -2.38. The van der Waals surface area contributed by atoms with Crippen molar-refractivity contribution >= 4 is 29.4 Å². The number of ether oxygens (including phenoxy) is 1. The maximum atomic E-state index is 12.7. The Bertz CT molecular complexity index is 1060. The van der Waals surface area contributed by atoms with Gasteiger partial charge >= 0.3 is 0 Å². The molecule has 2 aliphatic heterocycles. The smallest absolute Gasteiger partial charge is 0.235 e. The van der Waals surface area contributed by atoms with Crippen LogP contribution >= 0.6 is 11.8 Å². The highest BCUT2D eigenvalue weighted by Gasteiger charge is 2.29. The lowest BCUT2D eigenvalue weighted by atomic mass is 9.96. The van der Waals surface area contributed by atoms with Crippen molar-refractivity contribution < 1.29 is 14.1 Å². The fourth-order valence-electron chi connectivity index (χ4n) is 3.95. The van der Waals surface area contributed by atoms with Gasteiger partial charge in [-0.1, -0.05) is 5.16 Å². The zero-order chi connectivity index (χ0) is 21.2. The van der Waals surface area contributed by atoms with Gasteiger partial charge in [0.05, 0.1) is 24.1 Å². The Balaban J connectivity index is 1.17. The van der Waals surface area contributed by atoms with E-state index in [0.717, 1.165) is 71.5 Å². The summed E-state index contributed by atoms with van der Waals surface area (Å²) in [5, 5.41) is 15.8. The van der Waals surface area contributed by atoms with Gasteiger partial charge in [0.15, 0.2) is 5.82 Å². The van der Waals surface area contributed by atoms with Crippen molar-refractivity contribution in [3.05, 3.63) is 47.7 Å². The van der Waals surface area contributed by atoms with E-state index in [1.807, 2.05) is 36.4 Å². The van der Waals surface area contributed by atoms with Crippen molar-refractivity contribution in [2.75, 3.05) is 30.4 Å². The Hall–Kier alpha value is -3.07. The van der Waals surface area contributed by atoms with Crippen molar-refractivity contribution in [3.63, 3.8) is 0 Å². The van der Waals surface area contributed by atoms with Crippen molar-refractivity contribution in [2.45, 2.75) is 24.3 Å². The number of benzene rings is 1. The van der Waals surface area contributed by atoms with Crippen LogP contribution in [0, 0.1) is 5.92 Å². The number of nitrogens with one attached hydrogen (secondary N) is 1. The van der Waals surface area contributed by atoms with Crippen LogP contribution < -0.4 is 15.0 Å². The topological polar surface area (TPSA) is 93.4 Å². The van der Waals surface area contributed by atoms with Gasteiger partial charge in [0.2, 0.25) is 11.8 Å². The van der Waals surface area contributed by atoms with Gasteiger partial charge in [-0.15, -0.1) is 10.2 Å². The van der Waals surface area contributed by atoms with Gasteiger partial charge in [0.1, 0.15) is 5.75 Å². The number of nitrogens with zero attached hydrogens (tertiary/aromatic N) is 4. The number of rotatable bonds is 5. The molecule has 9 heteroatoms. The van der Waals surface area contributed by atoms with E-state index in [0.29, 0.717) is 5.88 Å². The minimum absolute atomic E-state index is 0.0106. The molecule has 3 aromatic rings. The predicted molar refractivity (Wildman–Crippen MR) is 119 cm³/mol. The maximum Gasteiger partial charge on any atom is 0.235 e. The standard InChI is InChI=1S/C22H23N5O3S/c1-29-16-4-2-14(3-5-16)18-6-7-20(25-24-18)27-10-8-15(9-11-27)21(28)23-22-17-12-31-13-19(17)26-30-22/h2-7,15H,8-13H2,1H3,(H,23,28). The molecule has 160 valence electrons. The highest BCUT2D eigenvalue weighted by Crippen LogP contribution is 2.35. The zero-order valence-corrected chi connectivity index (χ0v) is 18.0. The van der Waals surface area contributed by atoms with E-state index in [2.05, 4.69) is 25.6 Å². The Morgan fingerprint density at radius 2 is 1.94 bits per heavy atom. The van der Waals surface area contributed by atoms with Crippen LogP contribution in [0.25, 0.3) is 11.3 Å². The molecule has 1 amide bonds. The molecule has 1 saturated heterocycles. The average Bonchev–Trinajstić information content (AvgIpc) is 3.45. The molecule has 0 saturated carbocycles. The van der Waals surface area contributed by atoms with E-state index >= 15 is 0 Å². The van der Waals surface area contributed by atoms with Crippen LogP contribution in [-0.2, 0) is 16.3 Å². The van der Waals surface area contributed by atoms with Crippen molar-refractivity contribution in [2.24, 2.45) is 5.92 Å². The number of amides is 1. The molecular formula is C22H23N5O3S. The second-order valence-corrected chi connectivity index (χ2v) is 8.67. The van der Waals surface area contributed by atoms with Gasteiger partial charge in [-0.3, -0.25) is 10.1 Å². The van der Waals surface area contributed by atoms with Crippen LogP contribution in [0.3, 0.4) is 0 Å². The summed E-state index contributed by atoms with van der Waals surface area (Å²) in [4.78, 5) is 14.9. The van der Waals surface area contributed by atoms with Gasteiger partial charge in [-0.05, 0) is 49.2 Å². The molecule has 1 fully saturated rings. The number of anilines is 2. The summed E-state index contributed by atoms with van der Waals surface area (Å²) >= 11 is 1.79. The SMILES string of the molecule is COc1ccc(-c2ccc(N3CCC(C(=O)Nc4onc5c4CSC5)CC3)nn2)cc1. The first-order valence-electron chi connectivity index (χ1n) is 10.3. The zero-order valence-electron chi connectivity index (χ0n) is 17.2. The Labute approximate surface area is 184 Å². The van der Waals surface area contributed by atoms with Crippen molar-refractivity contribution in [1.82, 2.24) is 15.4 Å². The maximum absolute atomic E-state index is 12.7. The summed E-state index contributed by atoms with van der Waals surface area (Å²) < 4.78 is 10.5. The van der Waals surface area contributed by atoms with E-state index in [4.69, 9.17) is 9.26 Å². The van der Waals surface area contributed by atoms with Crippen LogP contribution in [0.15, 0.2) is 40.9 Å². The molecule has 4 heterocycles. The van der Waals surface area contributed by atoms with E-state index in [1.54, 1.807) is 18.9 Å². The molecule has 1 N–H and O–H groups in total. The Morgan fingerprint density at radius 1 is 1.13 bits per heavy atom. The third-order valence-corrected chi connectivity index (χ3v) is 6.79. The van der Waals surface area contributed by atoms with Gasteiger partial charge < -0.3 is 14.2 Å². The van der Waals surface area contributed by atoms with Crippen LogP contribution in [0.2, 0.25) is 0 Å². The number of piperidine rings is 1. The van der Waals surface area contributed by atoms with Crippen LogP contribution in [0.1, 0.15) is 24.1 Å². The largest absolute Gasteiger partial charge is 0.497 e. The number of aromatic nitrogens is 3. The van der Waals surface area contributed by atoms with Gasteiger partial charge in [-0.2, -0.15) is 11.8 Å². The highest BCUT2D eigenvalue weighted by atomic mass is 32.2. The number of thioether (sulfide) groups is 1. The molecule has 2 aromatic heterocycles. The summed E-state index contributed by atoms with van der Waals surface area (Å²) in [5.41, 5.74) is 3.79. The second-order valence-electron chi connectivity index (χ2n) is 7.69. The Morgan fingerprint density at radius 3 is 2.65 bits per heavy atom. The molecule has 2 aliphatic rings. The van der Waals surface area contributed by atoms with Crippen LogP contribution in [-0.4, -0.2) is 41.5 Å². The molecular weight excluding hydrogens is 414 g/mol. The lowest BCUT2D eigenvalue weighted by Gasteiger charge is -2.31. The lowest BCUT2D eigenvalue weighted by molar-refractivity contribution is -0.120. The molecule has 0 spiro atoms. The number of fused-ring (bicyclic) bond motifs is 1. The summed E-state index contributed by atoms with van der Waals surface area (Å²) in [5.74, 6) is 3.83. The molecule has 0 unspecified atom stereocenters. The second kappa shape index (κ2) is 8.58. The van der Waals surface area contributed by atoms with Gasteiger partial charge in [-0.25, -0.2) is 0 Å². The molecule has 8 nitrogen and oxygen atoms in total. The van der Waals surface area contributed by atoms with E-state index in [-0.39, 0.29) is 11.8 Å². The van der Waals surface area contributed by atoms with E-state index in [9.17, 15) is 4.79 Å². The first kappa shape index (κ1) is 19.9. The van der Waals surface area contributed by atoms with Crippen LogP contribution in [0.5, 0.6) is 5.75 Å². The molecule has 1 aromatic carbocycles. The first-order valence-corrected chi connectivity index (χ1v) is 11.5. The molecule has 0 bridgehead atoms. The Kier molecular flexibility index (Phi) is 5.50. The van der Waals surface area contributed by atoms with Crippen molar-refractivity contribution in [1.29, 1.82) is 0 Å². The predicted octanol–water partition coefficient (Wildman–Crippen LogP) is 3.74. The summed E-state index contributed by atoms with van der Waals surface area (Å²) in [7, 11) is 1.65. The van der Waals surface area contributed by atoms with E-state index < -0.39 is 0 Å². The van der Waals surface area contributed by atoms with Gasteiger partial charge in [0, 0.05) is 36.1 Å². The minimum atomic E-state index is -0.0439.